The van der Waals surface area contributed by atoms with Crippen molar-refractivity contribution in [2.45, 2.75) is 43.7 Å². The van der Waals surface area contributed by atoms with Crippen LogP contribution in [0, 0.1) is 10.1 Å². The van der Waals surface area contributed by atoms with Gasteiger partial charge in [0.15, 0.2) is 0 Å². The fraction of sp³-hybridized carbons (Fsp3) is 0.500. The van der Waals surface area contributed by atoms with E-state index in [2.05, 4.69) is 21.0 Å². The minimum atomic E-state index is -0.388. The molecule has 2 saturated heterocycles. The molecule has 7 nitrogen and oxygen atoms in total. The lowest BCUT2D eigenvalue weighted by Crippen LogP contribution is -2.43. The molecule has 0 aliphatic carbocycles. The van der Waals surface area contributed by atoms with Gasteiger partial charge in [0.1, 0.15) is 0 Å². The molecule has 8 heteroatoms. The van der Waals surface area contributed by atoms with E-state index in [1.54, 1.807) is 0 Å². The Morgan fingerprint density at radius 1 is 1.33 bits per heavy atom. The molecular weight excluding hydrogens is 330 g/mol. The number of aromatic nitrogens is 3. The van der Waals surface area contributed by atoms with Gasteiger partial charge in [0, 0.05) is 49.2 Å². The van der Waals surface area contributed by atoms with Crippen molar-refractivity contribution in [1.82, 2.24) is 14.8 Å². The maximum absolute atomic E-state index is 11.4. The first-order valence-electron chi connectivity index (χ1n) is 8.10. The van der Waals surface area contributed by atoms with Crippen LogP contribution in [0.15, 0.2) is 24.5 Å². The number of hydrogen-bond donors (Lipinski definition) is 0. The first-order valence-corrected chi connectivity index (χ1v) is 8.48. The van der Waals surface area contributed by atoms with Crippen molar-refractivity contribution >= 4 is 23.1 Å². The highest BCUT2D eigenvalue weighted by Gasteiger charge is 2.44. The topological polar surface area (TPSA) is 77.1 Å². The fourth-order valence-corrected chi connectivity index (χ4v) is 4.46. The summed E-state index contributed by atoms with van der Waals surface area (Å²) in [4.78, 5) is 17.5. The Morgan fingerprint density at radius 3 is 2.62 bits per heavy atom. The second kappa shape index (κ2) is 5.73. The molecule has 0 N–H and O–H groups in total. The lowest BCUT2D eigenvalue weighted by Gasteiger charge is -2.39. The van der Waals surface area contributed by atoms with E-state index in [1.165, 1.54) is 18.0 Å². The third-order valence-corrected chi connectivity index (χ3v) is 5.47. The second-order valence-electron chi connectivity index (χ2n) is 6.59. The highest BCUT2D eigenvalue weighted by molar-refractivity contribution is 6.30. The molecule has 4 heterocycles. The Kier molecular flexibility index (Phi) is 3.68. The minimum absolute atomic E-state index is 0.00150. The third-order valence-electron chi connectivity index (χ3n) is 5.27. The second-order valence-corrected chi connectivity index (χ2v) is 7.03. The highest BCUT2D eigenvalue weighted by atomic mass is 35.5. The molecule has 2 bridgehead atoms. The maximum atomic E-state index is 11.4. The lowest BCUT2D eigenvalue weighted by molar-refractivity contribution is -0.384. The van der Waals surface area contributed by atoms with Gasteiger partial charge in [-0.15, -0.1) is 0 Å². The monoisotopic (exact) mass is 347 g/mol. The largest absolute Gasteiger partial charge is 0.345 e. The molecule has 2 aliphatic heterocycles. The Balaban J connectivity index is 1.66. The minimum Gasteiger partial charge on any atom is -0.345 e. The summed E-state index contributed by atoms with van der Waals surface area (Å²) >= 11 is 5.90. The smallest absolute Gasteiger partial charge is 0.313 e. The molecule has 0 spiro atoms. The van der Waals surface area contributed by atoms with Crippen molar-refractivity contribution in [3.63, 3.8) is 0 Å². The van der Waals surface area contributed by atoms with Crippen molar-refractivity contribution in [3.05, 3.63) is 45.4 Å². The molecule has 126 valence electrons. The van der Waals surface area contributed by atoms with E-state index < -0.39 is 0 Å². The van der Waals surface area contributed by atoms with Crippen molar-refractivity contribution in [2.75, 3.05) is 4.90 Å². The molecule has 2 aromatic heterocycles. The standard InChI is InChI=1S/C16H18ClN5O2/c1-20-14(4-5-19-20)10-6-12-2-3-13(7-10)21(12)16-15(22(23)24)8-11(17)9-18-16/h4-5,8-10,12-13H,2-3,6-7H2,1H3/t10?,12-,13+. The molecule has 0 amide bonds. The van der Waals surface area contributed by atoms with E-state index >= 15 is 0 Å². The van der Waals surface area contributed by atoms with Gasteiger partial charge < -0.3 is 4.90 Å². The van der Waals surface area contributed by atoms with Gasteiger partial charge in [-0.3, -0.25) is 14.8 Å². The van der Waals surface area contributed by atoms with Crippen LogP contribution >= 0.6 is 11.6 Å². The Morgan fingerprint density at radius 2 is 2.04 bits per heavy atom. The van der Waals surface area contributed by atoms with E-state index in [0.29, 0.717) is 16.8 Å². The van der Waals surface area contributed by atoms with Crippen LogP contribution in [0.3, 0.4) is 0 Å². The van der Waals surface area contributed by atoms with Gasteiger partial charge >= 0.3 is 5.69 Å². The van der Waals surface area contributed by atoms with Crippen LogP contribution in [-0.2, 0) is 7.05 Å². The number of fused-ring (bicyclic) bond motifs is 2. The van der Waals surface area contributed by atoms with Gasteiger partial charge in [0.05, 0.1) is 9.95 Å². The van der Waals surface area contributed by atoms with Crippen LogP contribution in [0.5, 0.6) is 0 Å². The van der Waals surface area contributed by atoms with E-state index in [9.17, 15) is 10.1 Å². The quantitative estimate of drug-likeness (QED) is 0.629. The lowest BCUT2D eigenvalue weighted by atomic mass is 9.88. The predicted molar refractivity (Wildman–Crippen MR) is 90.4 cm³/mol. The van der Waals surface area contributed by atoms with Crippen LogP contribution in [0.4, 0.5) is 11.5 Å². The number of hydrogen-bond acceptors (Lipinski definition) is 5. The highest BCUT2D eigenvalue weighted by Crippen LogP contribution is 2.46. The number of nitro groups is 1. The SMILES string of the molecule is Cn1nccc1C1C[C@H]2CC[C@@H](C1)N2c1ncc(Cl)cc1[N+](=O)[O-]. The number of pyridine rings is 1. The van der Waals surface area contributed by atoms with Gasteiger partial charge in [-0.05, 0) is 31.7 Å². The first kappa shape index (κ1) is 15.4. The van der Waals surface area contributed by atoms with Crippen molar-refractivity contribution in [1.29, 1.82) is 0 Å². The van der Waals surface area contributed by atoms with Crippen molar-refractivity contribution < 1.29 is 4.92 Å². The summed E-state index contributed by atoms with van der Waals surface area (Å²) < 4.78 is 1.93. The summed E-state index contributed by atoms with van der Waals surface area (Å²) in [5.74, 6) is 0.901. The number of piperidine rings is 1. The van der Waals surface area contributed by atoms with Crippen LogP contribution in [0.1, 0.15) is 37.3 Å². The average molecular weight is 348 g/mol. The predicted octanol–water partition coefficient (Wildman–Crippen LogP) is 3.29. The van der Waals surface area contributed by atoms with E-state index in [1.807, 2.05) is 17.9 Å². The molecule has 0 saturated carbocycles. The third kappa shape index (κ3) is 2.43. The van der Waals surface area contributed by atoms with Crippen LogP contribution in [-0.4, -0.2) is 31.8 Å². The molecule has 2 fully saturated rings. The number of rotatable bonds is 3. The Hall–Kier alpha value is -2.15. The summed E-state index contributed by atoms with van der Waals surface area (Å²) in [5.41, 5.74) is 1.24. The van der Waals surface area contributed by atoms with E-state index in [4.69, 9.17) is 11.6 Å². The molecule has 1 unspecified atom stereocenters. The average Bonchev–Trinajstić information content (AvgIpc) is 3.08. The van der Waals surface area contributed by atoms with Gasteiger partial charge in [-0.25, -0.2) is 4.98 Å². The van der Waals surface area contributed by atoms with Crippen LogP contribution in [0.25, 0.3) is 0 Å². The van der Waals surface area contributed by atoms with Gasteiger partial charge in [-0.1, -0.05) is 11.6 Å². The van der Waals surface area contributed by atoms with Gasteiger partial charge in [-0.2, -0.15) is 5.10 Å². The zero-order chi connectivity index (χ0) is 16.8. The van der Waals surface area contributed by atoms with Crippen molar-refractivity contribution in [2.24, 2.45) is 7.05 Å². The van der Waals surface area contributed by atoms with E-state index in [-0.39, 0.29) is 22.7 Å². The Labute approximate surface area is 144 Å². The zero-order valence-corrected chi connectivity index (χ0v) is 14.1. The molecule has 0 aromatic carbocycles. The number of halogens is 1. The fourth-order valence-electron chi connectivity index (χ4n) is 4.30. The Bertz CT molecular complexity index is 779. The first-order chi connectivity index (χ1) is 11.5. The molecular formula is C16H18ClN5O2. The van der Waals surface area contributed by atoms with Crippen LogP contribution in [0.2, 0.25) is 5.02 Å². The molecule has 3 atom stereocenters. The number of anilines is 1. The van der Waals surface area contributed by atoms with Crippen molar-refractivity contribution in [3.8, 4) is 0 Å². The summed E-state index contributed by atoms with van der Waals surface area (Å²) in [7, 11) is 1.97. The summed E-state index contributed by atoms with van der Waals surface area (Å²) in [5, 5.41) is 16.0. The molecule has 0 radical (unpaired) electrons. The molecule has 4 rings (SSSR count). The number of aryl methyl sites for hydroxylation is 1. The summed E-state index contributed by atoms with van der Waals surface area (Å²) in [6, 6.07) is 4.02. The van der Waals surface area contributed by atoms with Gasteiger partial charge in [0.2, 0.25) is 5.82 Å². The maximum Gasteiger partial charge on any atom is 0.313 e. The summed E-state index contributed by atoms with van der Waals surface area (Å²) in [6.45, 7) is 0. The van der Waals surface area contributed by atoms with Gasteiger partial charge in [0.25, 0.3) is 0 Å². The van der Waals surface area contributed by atoms with E-state index in [0.717, 1.165) is 25.7 Å². The van der Waals surface area contributed by atoms with Crippen LogP contribution < -0.4 is 4.90 Å². The normalized spacial score (nSPS) is 25.9. The molecule has 2 aliphatic rings. The summed E-state index contributed by atoms with van der Waals surface area (Å²) in [6.07, 6.45) is 7.35. The zero-order valence-electron chi connectivity index (χ0n) is 13.3. The number of nitrogens with zero attached hydrogens (tertiary/aromatic N) is 5. The molecule has 24 heavy (non-hydrogen) atoms. The molecule has 2 aromatic rings.